The first-order chi connectivity index (χ1) is 10.4. The van der Waals surface area contributed by atoms with Crippen LogP contribution in [0.5, 0.6) is 5.75 Å². The summed E-state index contributed by atoms with van der Waals surface area (Å²) in [4.78, 5) is 13.9. The third-order valence-corrected chi connectivity index (χ3v) is 4.96. The Kier molecular flexibility index (Phi) is 5.70. The second-order valence-corrected chi connectivity index (χ2v) is 6.78. The summed E-state index contributed by atoms with van der Waals surface area (Å²) >= 11 is 6.10. The molecule has 122 valence electrons. The molecule has 2 rings (SSSR count). The van der Waals surface area contributed by atoms with Gasteiger partial charge >= 0.3 is 0 Å². The number of quaternary nitrogens is 1. The molecule has 1 heterocycles. The van der Waals surface area contributed by atoms with Gasteiger partial charge in [0.05, 0.1) is 25.9 Å². The van der Waals surface area contributed by atoms with Crippen LogP contribution in [0.25, 0.3) is 0 Å². The molecule has 1 saturated heterocycles. The standard InChI is InChI=1S/C17H25ClN2O2/c1-11-6-5-7-20(10-11)13(3)17(21)19-15-8-12(2)14(18)9-16(15)22-4/h8-9,11,13H,5-7,10H2,1-4H3,(H,19,21)/p+1/t11-,13+/m0/s1. The molecule has 4 nitrogen and oxygen atoms in total. The van der Waals surface area contributed by atoms with Crippen LogP contribution in [0.2, 0.25) is 5.02 Å². The molecule has 0 radical (unpaired) electrons. The van der Waals surface area contributed by atoms with Gasteiger partial charge in [-0.1, -0.05) is 18.5 Å². The molecule has 1 fully saturated rings. The summed E-state index contributed by atoms with van der Waals surface area (Å²) < 4.78 is 5.32. The summed E-state index contributed by atoms with van der Waals surface area (Å²) in [5.74, 6) is 1.31. The maximum atomic E-state index is 12.6. The first-order valence-corrected chi connectivity index (χ1v) is 8.29. The minimum absolute atomic E-state index is 0.0316. The average molecular weight is 326 g/mol. The molecule has 1 unspecified atom stereocenters. The fraction of sp³-hybridized carbons (Fsp3) is 0.588. The number of hydrogen-bond acceptors (Lipinski definition) is 2. The number of rotatable bonds is 4. The zero-order valence-corrected chi connectivity index (χ0v) is 14.6. The predicted octanol–water partition coefficient (Wildman–Crippen LogP) is 2.30. The predicted molar refractivity (Wildman–Crippen MR) is 89.9 cm³/mol. The lowest BCUT2D eigenvalue weighted by Crippen LogP contribution is -3.17. The van der Waals surface area contributed by atoms with Gasteiger partial charge < -0.3 is 15.0 Å². The number of ether oxygens (including phenoxy) is 1. The van der Waals surface area contributed by atoms with Crippen LogP contribution in [0.1, 0.15) is 32.3 Å². The Hall–Kier alpha value is -1.26. The number of methoxy groups -OCH3 is 1. The lowest BCUT2D eigenvalue weighted by atomic mass is 9.99. The molecule has 0 spiro atoms. The maximum absolute atomic E-state index is 12.6. The van der Waals surface area contributed by atoms with Gasteiger partial charge in [-0.2, -0.15) is 0 Å². The van der Waals surface area contributed by atoms with E-state index in [1.165, 1.54) is 17.7 Å². The van der Waals surface area contributed by atoms with Crippen LogP contribution in [0.15, 0.2) is 12.1 Å². The summed E-state index contributed by atoms with van der Waals surface area (Å²) in [5, 5.41) is 3.64. The van der Waals surface area contributed by atoms with E-state index in [2.05, 4.69) is 12.2 Å². The van der Waals surface area contributed by atoms with Gasteiger partial charge in [0, 0.05) is 17.0 Å². The van der Waals surface area contributed by atoms with Gasteiger partial charge in [0.25, 0.3) is 5.91 Å². The number of amides is 1. The third-order valence-electron chi connectivity index (χ3n) is 4.55. The van der Waals surface area contributed by atoms with Crippen molar-refractivity contribution in [1.82, 2.24) is 0 Å². The molecule has 0 saturated carbocycles. The third kappa shape index (κ3) is 3.93. The van der Waals surface area contributed by atoms with Crippen LogP contribution in [0.3, 0.4) is 0 Å². The number of carbonyl (C=O) groups is 1. The Bertz CT molecular complexity index is 548. The van der Waals surface area contributed by atoms with E-state index in [-0.39, 0.29) is 11.9 Å². The van der Waals surface area contributed by atoms with E-state index in [0.717, 1.165) is 18.7 Å². The molecule has 1 aromatic carbocycles. The summed E-state index contributed by atoms with van der Waals surface area (Å²) in [5.41, 5.74) is 1.61. The van der Waals surface area contributed by atoms with Gasteiger partial charge in [-0.15, -0.1) is 0 Å². The van der Waals surface area contributed by atoms with Gasteiger partial charge in [0.15, 0.2) is 6.04 Å². The molecular weight excluding hydrogens is 300 g/mol. The summed E-state index contributed by atoms with van der Waals surface area (Å²) in [7, 11) is 1.58. The smallest absolute Gasteiger partial charge is 0.282 e. The molecule has 5 heteroatoms. The Labute approximate surface area is 137 Å². The van der Waals surface area contributed by atoms with E-state index >= 15 is 0 Å². The highest BCUT2D eigenvalue weighted by Crippen LogP contribution is 2.30. The number of piperidine rings is 1. The molecule has 1 amide bonds. The second kappa shape index (κ2) is 7.34. The topological polar surface area (TPSA) is 42.8 Å². The van der Waals surface area contributed by atoms with Crippen molar-refractivity contribution in [2.75, 3.05) is 25.5 Å². The lowest BCUT2D eigenvalue weighted by molar-refractivity contribution is -0.922. The minimum atomic E-state index is -0.0663. The van der Waals surface area contributed by atoms with Gasteiger partial charge in [-0.05, 0) is 38.3 Å². The van der Waals surface area contributed by atoms with Gasteiger partial charge in [0.1, 0.15) is 5.75 Å². The van der Waals surface area contributed by atoms with Crippen LogP contribution in [-0.2, 0) is 4.79 Å². The number of benzene rings is 1. The first-order valence-electron chi connectivity index (χ1n) is 7.92. The number of hydrogen-bond donors (Lipinski definition) is 2. The molecule has 2 N–H and O–H groups in total. The molecule has 0 aromatic heterocycles. The van der Waals surface area contributed by atoms with E-state index < -0.39 is 0 Å². The molecular formula is C17H26ClN2O2+. The average Bonchev–Trinajstić information content (AvgIpc) is 2.49. The van der Waals surface area contributed by atoms with E-state index in [4.69, 9.17) is 16.3 Å². The van der Waals surface area contributed by atoms with Crippen molar-refractivity contribution in [3.05, 3.63) is 22.7 Å². The highest BCUT2D eigenvalue weighted by atomic mass is 35.5. The molecule has 1 aliphatic heterocycles. The number of anilines is 1. The number of halogens is 1. The van der Waals surface area contributed by atoms with Crippen LogP contribution in [-0.4, -0.2) is 32.1 Å². The number of likely N-dealkylation sites (tertiary alicyclic amines) is 1. The maximum Gasteiger partial charge on any atom is 0.282 e. The van der Waals surface area contributed by atoms with Crippen molar-refractivity contribution >= 4 is 23.2 Å². The number of carbonyl (C=O) groups excluding carboxylic acids is 1. The molecule has 0 aliphatic carbocycles. The van der Waals surface area contributed by atoms with Crippen molar-refractivity contribution in [2.24, 2.45) is 5.92 Å². The van der Waals surface area contributed by atoms with Crippen LogP contribution < -0.4 is 15.0 Å². The van der Waals surface area contributed by atoms with Crippen molar-refractivity contribution in [1.29, 1.82) is 0 Å². The van der Waals surface area contributed by atoms with Crippen LogP contribution in [0.4, 0.5) is 5.69 Å². The Balaban J connectivity index is 2.09. The fourth-order valence-electron chi connectivity index (χ4n) is 3.08. The van der Waals surface area contributed by atoms with Crippen molar-refractivity contribution in [3.63, 3.8) is 0 Å². The number of nitrogens with one attached hydrogen (secondary N) is 2. The molecule has 3 atom stereocenters. The molecule has 1 aromatic rings. The molecule has 1 aliphatic rings. The van der Waals surface area contributed by atoms with E-state index in [0.29, 0.717) is 22.4 Å². The van der Waals surface area contributed by atoms with Gasteiger partial charge in [-0.25, -0.2) is 0 Å². The quantitative estimate of drug-likeness (QED) is 0.892. The SMILES string of the molecule is COc1cc(Cl)c(C)cc1NC(=O)[C@@H](C)[NH+]1CCC[C@H](C)C1. The Morgan fingerprint density at radius 1 is 1.50 bits per heavy atom. The lowest BCUT2D eigenvalue weighted by Gasteiger charge is -2.31. The Morgan fingerprint density at radius 3 is 2.86 bits per heavy atom. The van der Waals surface area contributed by atoms with E-state index in [1.807, 2.05) is 19.9 Å². The van der Waals surface area contributed by atoms with Gasteiger partial charge in [-0.3, -0.25) is 4.79 Å². The monoisotopic (exact) mass is 325 g/mol. The molecule has 0 bridgehead atoms. The summed E-state index contributed by atoms with van der Waals surface area (Å²) in [6.07, 6.45) is 2.46. The highest BCUT2D eigenvalue weighted by Gasteiger charge is 2.29. The zero-order chi connectivity index (χ0) is 16.3. The van der Waals surface area contributed by atoms with Crippen LogP contribution >= 0.6 is 11.6 Å². The van der Waals surface area contributed by atoms with Gasteiger partial charge in [0.2, 0.25) is 0 Å². The zero-order valence-electron chi connectivity index (χ0n) is 13.8. The normalized spacial score (nSPS) is 23.0. The number of aryl methyl sites for hydroxylation is 1. The van der Waals surface area contributed by atoms with E-state index in [9.17, 15) is 4.79 Å². The summed E-state index contributed by atoms with van der Waals surface area (Å²) in [6.45, 7) is 8.30. The highest BCUT2D eigenvalue weighted by molar-refractivity contribution is 6.31. The minimum Gasteiger partial charge on any atom is -0.495 e. The molecule has 22 heavy (non-hydrogen) atoms. The second-order valence-electron chi connectivity index (χ2n) is 6.37. The fourth-order valence-corrected chi connectivity index (χ4v) is 3.23. The Morgan fingerprint density at radius 2 is 2.23 bits per heavy atom. The van der Waals surface area contributed by atoms with E-state index in [1.54, 1.807) is 13.2 Å². The van der Waals surface area contributed by atoms with Crippen molar-refractivity contribution in [3.8, 4) is 5.75 Å². The summed E-state index contributed by atoms with van der Waals surface area (Å²) in [6, 6.07) is 3.54. The first kappa shape index (κ1) is 17.1. The van der Waals surface area contributed by atoms with Crippen molar-refractivity contribution < 1.29 is 14.4 Å². The largest absolute Gasteiger partial charge is 0.495 e. The van der Waals surface area contributed by atoms with Crippen LogP contribution in [0, 0.1) is 12.8 Å². The van der Waals surface area contributed by atoms with Crippen molar-refractivity contribution in [2.45, 2.75) is 39.7 Å².